The number of amides is 2. The SMILES string of the molecule is Cc1ccccc1C(=O)NCC(=O)N(Cc1c(F)cccc1Cl)C1CC1. The minimum Gasteiger partial charge on any atom is -0.343 e. The van der Waals surface area contributed by atoms with Crippen LogP contribution in [0, 0.1) is 12.7 Å². The summed E-state index contributed by atoms with van der Waals surface area (Å²) in [6.07, 6.45) is 1.76. The molecule has 4 nitrogen and oxygen atoms in total. The lowest BCUT2D eigenvalue weighted by Crippen LogP contribution is -2.41. The molecule has 1 saturated carbocycles. The molecule has 0 unspecified atom stereocenters. The first-order valence-corrected chi connectivity index (χ1v) is 8.91. The van der Waals surface area contributed by atoms with E-state index in [2.05, 4.69) is 5.32 Å². The van der Waals surface area contributed by atoms with Crippen LogP contribution < -0.4 is 5.32 Å². The van der Waals surface area contributed by atoms with Gasteiger partial charge >= 0.3 is 0 Å². The first-order chi connectivity index (χ1) is 12.5. The topological polar surface area (TPSA) is 49.4 Å². The highest BCUT2D eigenvalue weighted by atomic mass is 35.5. The number of rotatable bonds is 6. The number of carbonyl (C=O) groups excluding carboxylic acids is 2. The summed E-state index contributed by atoms with van der Waals surface area (Å²) in [5.41, 5.74) is 1.68. The number of nitrogens with one attached hydrogen (secondary N) is 1. The van der Waals surface area contributed by atoms with Crippen LogP contribution in [0.2, 0.25) is 5.02 Å². The van der Waals surface area contributed by atoms with E-state index in [-0.39, 0.29) is 30.9 Å². The molecular formula is C20H20ClFN2O2. The Labute approximate surface area is 157 Å². The van der Waals surface area contributed by atoms with E-state index in [1.54, 1.807) is 23.1 Å². The summed E-state index contributed by atoms with van der Waals surface area (Å²) in [4.78, 5) is 26.5. The Hall–Kier alpha value is -2.40. The molecular weight excluding hydrogens is 355 g/mol. The zero-order chi connectivity index (χ0) is 18.7. The number of carbonyl (C=O) groups is 2. The largest absolute Gasteiger partial charge is 0.343 e. The van der Waals surface area contributed by atoms with Gasteiger partial charge in [0.1, 0.15) is 5.82 Å². The van der Waals surface area contributed by atoms with Gasteiger partial charge in [0.2, 0.25) is 5.91 Å². The summed E-state index contributed by atoms with van der Waals surface area (Å²) in [5, 5.41) is 2.96. The molecule has 26 heavy (non-hydrogen) atoms. The fourth-order valence-electron chi connectivity index (χ4n) is 2.84. The molecule has 0 spiro atoms. The van der Waals surface area contributed by atoms with Crippen molar-refractivity contribution >= 4 is 23.4 Å². The van der Waals surface area contributed by atoms with E-state index < -0.39 is 5.82 Å². The van der Waals surface area contributed by atoms with Crippen LogP contribution in [0.1, 0.15) is 34.3 Å². The molecule has 0 atom stereocenters. The highest BCUT2D eigenvalue weighted by molar-refractivity contribution is 6.31. The van der Waals surface area contributed by atoms with Crippen LogP contribution in [-0.2, 0) is 11.3 Å². The molecule has 0 heterocycles. The second-order valence-corrected chi connectivity index (χ2v) is 6.86. The maximum atomic E-state index is 14.0. The number of aryl methyl sites for hydroxylation is 1. The van der Waals surface area contributed by atoms with Crippen LogP contribution in [0.25, 0.3) is 0 Å². The molecule has 6 heteroatoms. The van der Waals surface area contributed by atoms with Gasteiger partial charge in [-0.3, -0.25) is 9.59 Å². The van der Waals surface area contributed by atoms with Crippen molar-refractivity contribution < 1.29 is 14.0 Å². The highest BCUT2D eigenvalue weighted by Crippen LogP contribution is 2.30. The van der Waals surface area contributed by atoms with Crippen LogP contribution in [-0.4, -0.2) is 29.3 Å². The van der Waals surface area contributed by atoms with E-state index in [1.807, 2.05) is 19.1 Å². The van der Waals surface area contributed by atoms with Crippen molar-refractivity contribution in [3.05, 3.63) is 70.0 Å². The van der Waals surface area contributed by atoms with E-state index >= 15 is 0 Å². The monoisotopic (exact) mass is 374 g/mol. The Balaban J connectivity index is 1.66. The smallest absolute Gasteiger partial charge is 0.251 e. The van der Waals surface area contributed by atoms with Crippen molar-refractivity contribution in [2.24, 2.45) is 0 Å². The van der Waals surface area contributed by atoms with Gasteiger partial charge in [-0.2, -0.15) is 0 Å². The Kier molecular flexibility index (Phi) is 5.57. The average Bonchev–Trinajstić information content (AvgIpc) is 3.44. The van der Waals surface area contributed by atoms with Gasteiger partial charge in [0.15, 0.2) is 0 Å². The highest BCUT2D eigenvalue weighted by Gasteiger charge is 2.33. The molecule has 2 aromatic rings. The second kappa shape index (κ2) is 7.87. The van der Waals surface area contributed by atoms with E-state index in [1.165, 1.54) is 12.1 Å². The van der Waals surface area contributed by atoms with Gasteiger partial charge in [0, 0.05) is 22.2 Å². The summed E-state index contributed by atoms with van der Waals surface area (Å²) in [6, 6.07) is 11.7. The molecule has 0 radical (unpaired) electrons. The fraction of sp³-hybridized carbons (Fsp3) is 0.300. The molecule has 3 rings (SSSR count). The van der Waals surface area contributed by atoms with Crippen LogP contribution in [0.4, 0.5) is 4.39 Å². The number of benzene rings is 2. The van der Waals surface area contributed by atoms with Crippen molar-refractivity contribution in [1.29, 1.82) is 0 Å². The normalized spacial score (nSPS) is 13.3. The average molecular weight is 375 g/mol. The molecule has 0 bridgehead atoms. The van der Waals surface area contributed by atoms with Crippen LogP contribution in [0.15, 0.2) is 42.5 Å². The van der Waals surface area contributed by atoms with Gasteiger partial charge in [-0.15, -0.1) is 0 Å². The molecule has 0 aliphatic heterocycles. The minimum absolute atomic E-state index is 0.0773. The predicted octanol–water partition coefficient (Wildman–Crippen LogP) is 3.71. The van der Waals surface area contributed by atoms with E-state index in [4.69, 9.17) is 11.6 Å². The molecule has 1 aliphatic carbocycles. The molecule has 1 aliphatic rings. The van der Waals surface area contributed by atoms with Crippen LogP contribution in [0.3, 0.4) is 0 Å². The number of hydrogen-bond donors (Lipinski definition) is 1. The van der Waals surface area contributed by atoms with Gasteiger partial charge in [-0.1, -0.05) is 35.9 Å². The summed E-state index contributed by atoms with van der Waals surface area (Å²) in [5.74, 6) is -0.968. The van der Waals surface area contributed by atoms with Crippen molar-refractivity contribution in [2.75, 3.05) is 6.54 Å². The quantitative estimate of drug-likeness (QED) is 0.838. The third-order valence-electron chi connectivity index (χ3n) is 4.49. The van der Waals surface area contributed by atoms with E-state index in [0.29, 0.717) is 16.1 Å². The Morgan fingerprint density at radius 3 is 2.58 bits per heavy atom. The van der Waals surface area contributed by atoms with Crippen LogP contribution >= 0.6 is 11.6 Å². The number of nitrogens with zero attached hydrogens (tertiary/aromatic N) is 1. The van der Waals surface area contributed by atoms with Crippen molar-refractivity contribution in [3.63, 3.8) is 0 Å². The fourth-order valence-corrected chi connectivity index (χ4v) is 3.06. The standard InChI is InChI=1S/C20H20ClFN2O2/c1-13-5-2-3-6-15(13)20(26)23-11-19(25)24(14-9-10-14)12-16-17(21)7-4-8-18(16)22/h2-8,14H,9-12H2,1H3,(H,23,26). The molecule has 1 N–H and O–H groups in total. The molecule has 0 aromatic heterocycles. The molecule has 2 aromatic carbocycles. The maximum absolute atomic E-state index is 14.0. The summed E-state index contributed by atoms with van der Waals surface area (Å²) < 4.78 is 14.0. The first kappa shape index (κ1) is 18.4. The van der Waals surface area contributed by atoms with Gasteiger partial charge in [0.05, 0.1) is 13.1 Å². The summed E-state index contributed by atoms with van der Waals surface area (Å²) in [7, 11) is 0. The zero-order valence-corrected chi connectivity index (χ0v) is 15.2. The lowest BCUT2D eigenvalue weighted by molar-refractivity contribution is -0.131. The van der Waals surface area contributed by atoms with Crippen molar-refractivity contribution in [1.82, 2.24) is 10.2 Å². The minimum atomic E-state index is -0.431. The lowest BCUT2D eigenvalue weighted by Gasteiger charge is -2.23. The van der Waals surface area contributed by atoms with Gasteiger partial charge in [-0.05, 0) is 43.5 Å². The zero-order valence-electron chi connectivity index (χ0n) is 14.5. The Morgan fingerprint density at radius 2 is 1.92 bits per heavy atom. The molecule has 136 valence electrons. The predicted molar refractivity (Wildman–Crippen MR) is 98.5 cm³/mol. The Bertz CT molecular complexity index is 816. The number of halogens is 2. The molecule has 2 amide bonds. The third-order valence-corrected chi connectivity index (χ3v) is 4.84. The second-order valence-electron chi connectivity index (χ2n) is 6.45. The first-order valence-electron chi connectivity index (χ1n) is 8.53. The third kappa shape index (κ3) is 4.22. The van der Waals surface area contributed by atoms with Crippen molar-refractivity contribution in [2.45, 2.75) is 32.4 Å². The van der Waals surface area contributed by atoms with Gasteiger partial charge < -0.3 is 10.2 Å². The molecule has 0 saturated heterocycles. The Morgan fingerprint density at radius 1 is 1.19 bits per heavy atom. The summed E-state index contributed by atoms with van der Waals surface area (Å²) >= 11 is 6.08. The maximum Gasteiger partial charge on any atom is 0.251 e. The van der Waals surface area contributed by atoms with E-state index in [0.717, 1.165) is 18.4 Å². The number of hydrogen-bond acceptors (Lipinski definition) is 2. The van der Waals surface area contributed by atoms with Gasteiger partial charge in [0.25, 0.3) is 5.91 Å². The van der Waals surface area contributed by atoms with E-state index in [9.17, 15) is 14.0 Å². The molecule has 1 fully saturated rings. The van der Waals surface area contributed by atoms with Gasteiger partial charge in [-0.25, -0.2) is 4.39 Å². The van der Waals surface area contributed by atoms with Crippen molar-refractivity contribution in [3.8, 4) is 0 Å². The lowest BCUT2D eigenvalue weighted by atomic mass is 10.1. The van der Waals surface area contributed by atoms with Crippen LogP contribution in [0.5, 0.6) is 0 Å². The summed E-state index contributed by atoms with van der Waals surface area (Å²) in [6.45, 7) is 1.82.